The average Bonchev–Trinajstić information content (AvgIpc) is 3.00. The van der Waals surface area contributed by atoms with Gasteiger partial charge in [0.15, 0.2) is 5.96 Å². The van der Waals surface area contributed by atoms with Crippen molar-refractivity contribution in [3.8, 4) is 0 Å². The second-order valence-electron chi connectivity index (χ2n) is 5.09. The second kappa shape index (κ2) is 13.2. The molecule has 124 valence electrons. The number of unbranched alkanes of at least 4 members (excludes halogenated alkanes) is 1. The maximum absolute atomic E-state index is 5.44. The van der Waals surface area contributed by atoms with Gasteiger partial charge in [0.25, 0.3) is 0 Å². The van der Waals surface area contributed by atoms with Crippen LogP contribution in [0.25, 0.3) is 0 Å². The molecule has 0 aromatic carbocycles. The minimum absolute atomic E-state index is 0.675. The van der Waals surface area contributed by atoms with E-state index in [1.54, 1.807) is 7.11 Å². The Hall–Kier alpha value is -0.460. The molecule has 1 aliphatic rings. The van der Waals surface area contributed by atoms with Crippen molar-refractivity contribution in [1.82, 2.24) is 10.6 Å². The molecule has 1 rings (SSSR count). The van der Waals surface area contributed by atoms with Crippen LogP contribution in [0.3, 0.4) is 0 Å². The predicted octanol–water partition coefficient (Wildman–Crippen LogP) is 1.88. The van der Waals surface area contributed by atoms with Crippen LogP contribution in [-0.2, 0) is 9.47 Å². The van der Waals surface area contributed by atoms with Gasteiger partial charge in [-0.3, -0.25) is 4.99 Å². The number of thioether (sulfide) groups is 1. The summed E-state index contributed by atoms with van der Waals surface area (Å²) in [5.74, 6) is 2.25. The van der Waals surface area contributed by atoms with E-state index in [-0.39, 0.29) is 0 Å². The van der Waals surface area contributed by atoms with Crippen LogP contribution in [0.4, 0.5) is 0 Å². The molecule has 1 unspecified atom stereocenters. The molecule has 1 saturated heterocycles. The highest BCUT2D eigenvalue weighted by atomic mass is 32.2. The maximum atomic E-state index is 5.44. The molecule has 0 aliphatic carbocycles. The third-order valence-electron chi connectivity index (χ3n) is 3.26. The predicted molar refractivity (Wildman–Crippen MR) is 91.4 cm³/mol. The average molecular weight is 317 g/mol. The molecule has 0 amide bonds. The minimum Gasteiger partial charge on any atom is -0.382 e. The molecule has 1 atom stereocenters. The van der Waals surface area contributed by atoms with Crippen LogP contribution in [0.2, 0.25) is 0 Å². The van der Waals surface area contributed by atoms with E-state index in [1.165, 1.54) is 18.6 Å². The summed E-state index contributed by atoms with van der Waals surface area (Å²) in [6, 6.07) is 0. The Morgan fingerprint density at radius 3 is 2.86 bits per heavy atom. The molecule has 0 aromatic heterocycles. The summed E-state index contributed by atoms with van der Waals surface area (Å²) < 4.78 is 10.4. The Bertz CT molecular complexity index is 272. The van der Waals surface area contributed by atoms with Crippen LogP contribution >= 0.6 is 11.8 Å². The fourth-order valence-electron chi connectivity index (χ4n) is 2.10. The normalized spacial score (nSPS) is 19.0. The summed E-state index contributed by atoms with van der Waals surface area (Å²) in [4.78, 5) is 4.68. The highest BCUT2D eigenvalue weighted by Crippen LogP contribution is 2.25. The molecule has 2 N–H and O–H groups in total. The zero-order chi connectivity index (χ0) is 15.2. The number of hydrogen-bond donors (Lipinski definition) is 2. The molecule has 0 aromatic rings. The largest absolute Gasteiger partial charge is 0.382 e. The molecule has 1 aliphatic heterocycles. The quantitative estimate of drug-likeness (QED) is 0.346. The Balaban J connectivity index is 2.05. The van der Waals surface area contributed by atoms with E-state index in [1.807, 2.05) is 0 Å². The van der Waals surface area contributed by atoms with Crippen molar-refractivity contribution in [2.24, 2.45) is 4.99 Å². The van der Waals surface area contributed by atoms with E-state index in [0.29, 0.717) is 13.2 Å². The first-order valence-electron chi connectivity index (χ1n) is 8.07. The van der Waals surface area contributed by atoms with Crippen LogP contribution < -0.4 is 10.6 Å². The van der Waals surface area contributed by atoms with Crippen molar-refractivity contribution in [1.29, 1.82) is 0 Å². The number of guanidine groups is 1. The smallest absolute Gasteiger partial charge is 0.191 e. The van der Waals surface area contributed by atoms with E-state index in [9.17, 15) is 0 Å². The van der Waals surface area contributed by atoms with Crippen molar-refractivity contribution in [3.05, 3.63) is 0 Å². The Kier molecular flexibility index (Phi) is 11.7. The van der Waals surface area contributed by atoms with Crippen molar-refractivity contribution >= 4 is 17.7 Å². The minimum atomic E-state index is 0.675. The van der Waals surface area contributed by atoms with Gasteiger partial charge in [-0.1, -0.05) is 0 Å². The second-order valence-corrected chi connectivity index (χ2v) is 6.50. The van der Waals surface area contributed by atoms with Gasteiger partial charge in [-0.2, -0.15) is 11.8 Å². The Morgan fingerprint density at radius 2 is 2.14 bits per heavy atom. The van der Waals surface area contributed by atoms with Crippen LogP contribution in [0, 0.1) is 0 Å². The standard InChI is InChI=1S/C15H31N3O2S/c1-3-16-15(18-13-14-7-6-12-21-14)17-8-4-5-9-20-11-10-19-2/h14H,3-13H2,1-2H3,(H2,16,17,18). The molecule has 0 radical (unpaired) electrons. The number of hydrogen-bond acceptors (Lipinski definition) is 4. The Labute approximate surface area is 133 Å². The maximum Gasteiger partial charge on any atom is 0.191 e. The first-order valence-corrected chi connectivity index (χ1v) is 9.12. The van der Waals surface area contributed by atoms with Crippen molar-refractivity contribution < 1.29 is 9.47 Å². The highest BCUT2D eigenvalue weighted by Gasteiger charge is 2.14. The lowest BCUT2D eigenvalue weighted by atomic mass is 10.2. The lowest BCUT2D eigenvalue weighted by molar-refractivity contribution is 0.0689. The van der Waals surface area contributed by atoms with Crippen LogP contribution in [0.1, 0.15) is 32.6 Å². The number of rotatable bonds is 11. The summed E-state index contributed by atoms with van der Waals surface area (Å²) >= 11 is 2.05. The van der Waals surface area contributed by atoms with Gasteiger partial charge in [0, 0.05) is 32.1 Å². The van der Waals surface area contributed by atoms with E-state index in [0.717, 1.165) is 50.3 Å². The number of aliphatic imine (C=N–C) groups is 1. The van der Waals surface area contributed by atoms with E-state index in [2.05, 4.69) is 34.3 Å². The first kappa shape index (κ1) is 18.6. The number of nitrogens with zero attached hydrogens (tertiary/aromatic N) is 1. The molecular weight excluding hydrogens is 286 g/mol. The highest BCUT2D eigenvalue weighted by molar-refractivity contribution is 8.00. The molecule has 1 fully saturated rings. The van der Waals surface area contributed by atoms with Crippen LogP contribution in [-0.4, -0.2) is 63.5 Å². The molecule has 21 heavy (non-hydrogen) atoms. The number of ether oxygens (including phenoxy) is 2. The van der Waals surface area contributed by atoms with E-state index in [4.69, 9.17) is 9.47 Å². The zero-order valence-corrected chi connectivity index (χ0v) is 14.3. The summed E-state index contributed by atoms with van der Waals surface area (Å²) in [5.41, 5.74) is 0. The van der Waals surface area contributed by atoms with Gasteiger partial charge in [0.2, 0.25) is 0 Å². The van der Waals surface area contributed by atoms with Gasteiger partial charge in [-0.25, -0.2) is 0 Å². The van der Waals surface area contributed by atoms with Gasteiger partial charge in [-0.05, 0) is 38.4 Å². The SMILES string of the molecule is CCNC(=NCC1CCCS1)NCCCCOCCOC. The van der Waals surface area contributed by atoms with Gasteiger partial charge >= 0.3 is 0 Å². The number of methoxy groups -OCH3 is 1. The molecule has 1 heterocycles. The lowest BCUT2D eigenvalue weighted by Gasteiger charge is -2.12. The van der Waals surface area contributed by atoms with Gasteiger partial charge < -0.3 is 20.1 Å². The zero-order valence-electron chi connectivity index (χ0n) is 13.5. The third kappa shape index (κ3) is 9.98. The molecular formula is C15H31N3O2S. The fraction of sp³-hybridized carbons (Fsp3) is 0.933. The van der Waals surface area contributed by atoms with Crippen molar-refractivity contribution in [2.75, 3.05) is 52.3 Å². The van der Waals surface area contributed by atoms with Crippen molar-refractivity contribution in [2.45, 2.75) is 37.9 Å². The molecule has 0 bridgehead atoms. The van der Waals surface area contributed by atoms with Crippen LogP contribution in [0.15, 0.2) is 4.99 Å². The molecule has 0 saturated carbocycles. The van der Waals surface area contributed by atoms with Gasteiger partial charge in [-0.15, -0.1) is 0 Å². The number of nitrogens with one attached hydrogen (secondary N) is 2. The third-order valence-corrected chi connectivity index (χ3v) is 4.64. The van der Waals surface area contributed by atoms with Crippen LogP contribution in [0.5, 0.6) is 0 Å². The first-order chi connectivity index (χ1) is 10.4. The summed E-state index contributed by atoms with van der Waals surface area (Å²) in [7, 11) is 1.69. The topological polar surface area (TPSA) is 54.9 Å². The van der Waals surface area contributed by atoms with Crippen molar-refractivity contribution in [3.63, 3.8) is 0 Å². The summed E-state index contributed by atoms with van der Waals surface area (Å²) in [5, 5.41) is 7.42. The lowest BCUT2D eigenvalue weighted by Crippen LogP contribution is -2.38. The molecule has 6 heteroatoms. The monoisotopic (exact) mass is 317 g/mol. The molecule has 5 nitrogen and oxygen atoms in total. The van der Waals surface area contributed by atoms with Gasteiger partial charge in [0.05, 0.1) is 19.8 Å². The summed E-state index contributed by atoms with van der Waals surface area (Å²) in [6.07, 6.45) is 4.81. The van der Waals surface area contributed by atoms with Gasteiger partial charge in [0.1, 0.15) is 0 Å². The summed E-state index contributed by atoms with van der Waals surface area (Å²) in [6.45, 7) is 7.05. The van der Waals surface area contributed by atoms with E-state index >= 15 is 0 Å². The Morgan fingerprint density at radius 1 is 1.24 bits per heavy atom. The van der Waals surface area contributed by atoms with E-state index < -0.39 is 0 Å². The molecule has 0 spiro atoms. The fourth-order valence-corrected chi connectivity index (χ4v) is 3.28.